The fraction of sp³-hybridized carbons (Fsp3) is 0.310. The number of pyridine rings is 1. The maximum Gasteiger partial charge on any atom is 0.310 e. The molecule has 12 nitrogen and oxygen atoms in total. The zero-order valence-electron chi connectivity index (χ0n) is 24.7. The fourth-order valence-electron chi connectivity index (χ4n) is 3.38. The van der Waals surface area contributed by atoms with Crippen LogP contribution < -0.4 is 10.1 Å². The van der Waals surface area contributed by atoms with E-state index in [1.165, 1.54) is 48.9 Å². The summed E-state index contributed by atoms with van der Waals surface area (Å²) in [6, 6.07) is 9.07. The van der Waals surface area contributed by atoms with Crippen LogP contribution in [0.3, 0.4) is 0 Å². The van der Waals surface area contributed by atoms with E-state index in [-0.39, 0.29) is 23.6 Å². The number of aromatic nitrogens is 5. The van der Waals surface area contributed by atoms with Crippen molar-refractivity contribution in [3.8, 4) is 23.1 Å². The van der Waals surface area contributed by atoms with Crippen molar-refractivity contribution in [3.63, 3.8) is 0 Å². The van der Waals surface area contributed by atoms with Gasteiger partial charge in [-0.2, -0.15) is 10.4 Å². The molecule has 0 radical (unpaired) electrons. The van der Waals surface area contributed by atoms with Crippen molar-refractivity contribution in [1.82, 2.24) is 24.7 Å². The molecule has 0 unspecified atom stereocenters. The second-order valence-electron chi connectivity index (χ2n) is 9.19. The zero-order valence-corrected chi connectivity index (χ0v) is 24.7. The average molecular weight is 576 g/mol. The Kier molecular flexibility index (Phi) is 12.2. The van der Waals surface area contributed by atoms with E-state index in [9.17, 15) is 19.8 Å². The second-order valence-corrected chi connectivity index (χ2v) is 9.19. The van der Waals surface area contributed by atoms with Crippen LogP contribution in [0.15, 0.2) is 60.1 Å². The first kappa shape index (κ1) is 33.0. The predicted octanol–water partition coefficient (Wildman–Crippen LogP) is 6.46. The van der Waals surface area contributed by atoms with Gasteiger partial charge in [0.1, 0.15) is 41.4 Å². The minimum absolute atomic E-state index is 0.0405. The Morgan fingerprint density at radius 1 is 1.19 bits per heavy atom. The molecule has 0 spiro atoms. The Labute approximate surface area is 244 Å². The summed E-state index contributed by atoms with van der Waals surface area (Å²) in [5.74, 6) is 0.277. The van der Waals surface area contributed by atoms with Gasteiger partial charge in [0.05, 0.1) is 28.5 Å². The summed E-state index contributed by atoms with van der Waals surface area (Å²) in [6.45, 7) is 11.5. The van der Waals surface area contributed by atoms with Gasteiger partial charge in [-0.15, -0.1) is 0 Å². The van der Waals surface area contributed by atoms with E-state index in [1.54, 1.807) is 17.9 Å². The van der Waals surface area contributed by atoms with Crippen molar-refractivity contribution < 1.29 is 14.1 Å². The Balaban J connectivity index is 0.000000947. The van der Waals surface area contributed by atoms with Crippen molar-refractivity contribution in [2.75, 3.05) is 12.4 Å². The maximum absolute atomic E-state index is 13.1. The first-order valence-corrected chi connectivity index (χ1v) is 13.0. The topological polar surface area (TPSA) is 157 Å². The van der Waals surface area contributed by atoms with Gasteiger partial charge < -0.3 is 15.0 Å². The quantitative estimate of drug-likeness (QED) is 0.148. The van der Waals surface area contributed by atoms with Gasteiger partial charge in [-0.1, -0.05) is 13.8 Å². The van der Waals surface area contributed by atoms with E-state index in [1.807, 2.05) is 41.5 Å². The molecule has 220 valence electrons. The first-order valence-electron chi connectivity index (χ1n) is 13.0. The zero-order chi connectivity index (χ0) is 31.3. The van der Waals surface area contributed by atoms with Crippen molar-refractivity contribution in [2.24, 2.45) is 4.99 Å². The van der Waals surface area contributed by atoms with Crippen LogP contribution in [0.5, 0.6) is 5.75 Å². The lowest BCUT2D eigenvalue weighted by Gasteiger charge is -2.22. The van der Waals surface area contributed by atoms with Gasteiger partial charge in [-0.25, -0.2) is 14.1 Å². The number of hydrogen-bond acceptors (Lipinski definition) is 10. The highest BCUT2D eigenvalue weighted by molar-refractivity contribution is 5.77. The number of nitriles is 1. The lowest BCUT2D eigenvalue weighted by molar-refractivity contribution is -0.385. The highest BCUT2D eigenvalue weighted by Gasteiger charge is 2.28. The Morgan fingerprint density at radius 3 is 2.43 bits per heavy atom. The van der Waals surface area contributed by atoms with Gasteiger partial charge >= 0.3 is 5.69 Å². The molecule has 13 heteroatoms. The van der Waals surface area contributed by atoms with Crippen LogP contribution in [0.4, 0.5) is 21.7 Å². The SMILES string of the molecule is CC.CC(C)(C)n1nc(-c2ccc([N+](=O)[O-])c(OCc3ccc(F)cn3)c2)c(C#N)c1Nc1cnccn1.CC=NC. The Bertz CT molecular complexity index is 1520. The summed E-state index contributed by atoms with van der Waals surface area (Å²) in [7, 11) is 1.75. The van der Waals surface area contributed by atoms with E-state index in [0.29, 0.717) is 28.6 Å². The number of ether oxygens (including phenoxy) is 1. The van der Waals surface area contributed by atoms with Crippen LogP contribution in [0, 0.1) is 27.3 Å². The number of nitrogens with one attached hydrogen (secondary N) is 1. The summed E-state index contributed by atoms with van der Waals surface area (Å²) < 4.78 is 20.5. The van der Waals surface area contributed by atoms with Crippen LogP contribution in [-0.2, 0) is 12.1 Å². The Morgan fingerprint density at radius 2 is 1.90 bits per heavy atom. The van der Waals surface area contributed by atoms with E-state index in [0.717, 1.165) is 6.20 Å². The van der Waals surface area contributed by atoms with E-state index in [4.69, 9.17) is 4.74 Å². The number of anilines is 2. The summed E-state index contributed by atoms with van der Waals surface area (Å²) in [6.07, 6.45) is 7.35. The number of halogens is 1. The number of rotatable bonds is 7. The molecule has 4 aromatic rings. The van der Waals surface area contributed by atoms with Gasteiger partial charge in [-0.05, 0) is 58.2 Å². The molecule has 1 N–H and O–H groups in total. The molecule has 0 aliphatic rings. The molecule has 0 saturated heterocycles. The molecule has 0 atom stereocenters. The molecule has 3 heterocycles. The first-order chi connectivity index (χ1) is 20.1. The number of aliphatic imine (C=N–C) groups is 1. The molecule has 0 saturated carbocycles. The van der Waals surface area contributed by atoms with E-state index >= 15 is 0 Å². The molecule has 0 aliphatic heterocycles. The number of hydrogen-bond donors (Lipinski definition) is 1. The van der Waals surface area contributed by atoms with Crippen molar-refractivity contribution >= 4 is 23.5 Å². The molecule has 0 bridgehead atoms. The molecule has 0 amide bonds. The number of nitro benzene ring substituents is 1. The minimum atomic E-state index is -0.572. The van der Waals surface area contributed by atoms with Gasteiger partial charge in [-0.3, -0.25) is 20.1 Å². The third-order valence-corrected chi connectivity index (χ3v) is 5.29. The Hall–Kier alpha value is -5.25. The number of nitrogens with zero attached hydrogens (tertiary/aromatic N) is 8. The molecule has 1 aromatic carbocycles. The summed E-state index contributed by atoms with van der Waals surface area (Å²) in [4.78, 5) is 26.8. The average Bonchev–Trinajstić information content (AvgIpc) is 3.37. The third kappa shape index (κ3) is 8.62. The fourth-order valence-corrected chi connectivity index (χ4v) is 3.38. The smallest absolute Gasteiger partial charge is 0.310 e. The van der Waals surface area contributed by atoms with E-state index < -0.39 is 16.3 Å². The molecular formula is C29H34FN9O3. The maximum atomic E-state index is 13.1. The minimum Gasteiger partial charge on any atom is -0.480 e. The highest BCUT2D eigenvalue weighted by atomic mass is 19.1. The largest absolute Gasteiger partial charge is 0.480 e. The summed E-state index contributed by atoms with van der Waals surface area (Å²) >= 11 is 0. The van der Waals surface area contributed by atoms with Gasteiger partial charge in [0.2, 0.25) is 0 Å². The normalized spacial score (nSPS) is 10.5. The van der Waals surface area contributed by atoms with Gasteiger partial charge in [0.25, 0.3) is 0 Å². The second kappa shape index (κ2) is 15.5. The van der Waals surface area contributed by atoms with Crippen LogP contribution >= 0.6 is 0 Å². The molecule has 0 aliphatic carbocycles. The van der Waals surface area contributed by atoms with Gasteiger partial charge in [0.15, 0.2) is 5.75 Å². The van der Waals surface area contributed by atoms with Crippen LogP contribution in [-0.4, -0.2) is 42.9 Å². The molecule has 0 fully saturated rings. The van der Waals surface area contributed by atoms with Crippen LogP contribution in [0.2, 0.25) is 0 Å². The standard InChI is InChI=1S/C24H21FN8O3.C3H7N.C2H6/c1-24(2,3)32-23(30-21-13-27-8-9-28-21)18(11-26)22(31-32)15-4-7-19(33(34)35)20(10-15)36-14-17-6-5-16(25)12-29-17;1-3-4-2;1-2/h4-10,12-13H,14H2,1-3H3,(H,28,30);3H,1-2H3;1-2H3. The van der Waals surface area contributed by atoms with Crippen LogP contribution in [0.1, 0.15) is 52.8 Å². The molecular weight excluding hydrogens is 541 g/mol. The summed E-state index contributed by atoms with van der Waals surface area (Å²) in [5, 5.41) is 29.4. The highest BCUT2D eigenvalue weighted by Crippen LogP contribution is 2.37. The molecule has 3 aromatic heterocycles. The van der Waals surface area contributed by atoms with Crippen molar-refractivity contribution in [2.45, 2.75) is 53.7 Å². The third-order valence-electron chi connectivity index (χ3n) is 5.29. The lowest BCUT2D eigenvalue weighted by atomic mass is 10.1. The van der Waals surface area contributed by atoms with Crippen molar-refractivity contribution in [1.29, 1.82) is 5.26 Å². The number of benzene rings is 1. The van der Waals surface area contributed by atoms with E-state index in [2.05, 4.69) is 36.4 Å². The molecule has 4 rings (SSSR count). The van der Waals surface area contributed by atoms with Gasteiger partial charge in [0, 0.05) is 31.1 Å². The summed E-state index contributed by atoms with van der Waals surface area (Å²) in [5.41, 5.74) is 0.551. The number of nitro groups is 1. The molecule has 42 heavy (non-hydrogen) atoms. The predicted molar refractivity (Wildman–Crippen MR) is 159 cm³/mol. The van der Waals surface area contributed by atoms with Crippen molar-refractivity contribution in [3.05, 3.63) is 82.3 Å². The van der Waals surface area contributed by atoms with Crippen LogP contribution in [0.25, 0.3) is 11.3 Å². The lowest BCUT2D eigenvalue weighted by Crippen LogP contribution is -2.24. The monoisotopic (exact) mass is 575 g/mol.